The average molecular weight is 249 g/mol. The van der Waals surface area contributed by atoms with Gasteiger partial charge in [0.2, 0.25) is 0 Å². The summed E-state index contributed by atoms with van der Waals surface area (Å²) in [5, 5.41) is 17.0. The van der Waals surface area contributed by atoms with Crippen molar-refractivity contribution in [2.24, 2.45) is 11.8 Å². The van der Waals surface area contributed by atoms with Gasteiger partial charge in [0.25, 0.3) is 5.56 Å². The zero-order chi connectivity index (χ0) is 12.5. The molecule has 0 bridgehead atoms. The van der Waals surface area contributed by atoms with E-state index in [1.165, 1.54) is 6.33 Å². The molecule has 1 aliphatic carbocycles. The lowest BCUT2D eigenvalue weighted by Crippen LogP contribution is -2.12. The number of aromatic amines is 1. The van der Waals surface area contributed by atoms with Gasteiger partial charge in [-0.3, -0.25) is 4.79 Å². The minimum atomic E-state index is -0.258. The van der Waals surface area contributed by atoms with Crippen LogP contribution in [0.15, 0.2) is 11.1 Å². The molecular weight excluding hydrogens is 234 g/mol. The Hall–Kier alpha value is -1.76. The van der Waals surface area contributed by atoms with E-state index in [9.17, 15) is 4.79 Å². The third-order valence-electron chi connectivity index (χ3n) is 3.65. The molecule has 0 saturated heterocycles. The summed E-state index contributed by atoms with van der Waals surface area (Å²) in [5.74, 6) is 0.884. The Morgan fingerprint density at radius 2 is 2.28 bits per heavy atom. The summed E-state index contributed by atoms with van der Waals surface area (Å²) in [5.41, 5.74) is 0.561. The number of aromatic nitrogens is 5. The number of fused-ring (bicyclic) bond motifs is 1. The van der Waals surface area contributed by atoms with Gasteiger partial charge < -0.3 is 10.1 Å². The molecule has 2 atom stereocenters. The van der Waals surface area contributed by atoms with Crippen LogP contribution in [-0.4, -0.2) is 36.7 Å². The van der Waals surface area contributed by atoms with Gasteiger partial charge in [-0.1, -0.05) is 5.21 Å². The molecule has 0 spiro atoms. The molecule has 0 radical (unpaired) electrons. The number of hydrogen-bond donors (Lipinski definition) is 2. The summed E-state index contributed by atoms with van der Waals surface area (Å²) in [6.07, 6.45) is 4.51. The summed E-state index contributed by atoms with van der Waals surface area (Å²) < 4.78 is 1.69. The van der Waals surface area contributed by atoms with Crippen molar-refractivity contribution < 1.29 is 5.11 Å². The number of aliphatic hydroxyl groups is 1. The molecule has 1 aliphatic rings. The third-order valence-corrected chi connectivity index (χ3v) is 3.65. The Labute approximate surface area is 103 Å². The quantitative estimate of drug-likeness (QED) is 0.793. The van der Waals surface area contributed by atoms with Crippen molar-refractivity contribution in [3.63, 3.8) is 0 Å². The van der Waals surface area contributed by atoms with Crippen LogP contribution in [-0.2, 0) is 6.54 Å². The molecule has 1 fully saturated rings. The standard InChI is InChI=1S/C11H15N5O2/c17-5-8-2-1-7(3-8)4-16-10-9(14-15-16)11(18)13-6-12-10/h6-8,17H,1-5H2,(H,12,13,18)/t7-,8+/m1/s1. The SMILES string of the molecule is O=c1[nH]cnc2c1nnn2C[C@@H]1CC[C@H](CO)C1. The van der Waals surface area contributed by atoms with Gasteiger partial charge >= 0.3 is 0 Å². The minimum Gasteiger partial charge on any atom is -0.396 e. The molecule has 7 heteroatoms. The maximum Gasteiger partial charge on any atom is 0.280 e. The van der Waals surface area contributed by atoms with Crippen molar-refractivity contribution in [1.29, 1.82) is 0 Å². The molecule has 0 amide bonds. The first-order valence-corrected chi connectivity index (χ1v) is 6.15. The molecular formula is C11H15N5O2. The highest BCUT2D eigenvalue weighted by Gasteiger charge is 2.25. The molecule has 2 heterocycles. The fourth-order valence-corrected chi connectivity index (χ4v) is 2.68. The van der Waals surface area contributed by atoms with Crippen LogP contribution in [0.3, 0.4) is 0 Å². The van der Waals surface area contributed by atoms with Gasteiger partial charge in [0, 0.05) is 13.2 Å². The second-order valence-corrected chi connectivity index (χ2v) is 4.90. The van der Waals surface area contributed by atoms with Crippen LogP contribution in [0.2, 0.25) is 0 Å². The first-order chi connectivity index (χ1) is 8.78. The van der Waals surface area contributed by atoms with Gasteiger partial charge in [-0.05, 0) is 31.1 Å². The molecule has 2 aromatic rings. The second kappa shape index (κ2) is 4.49. The summed E-state index contributed by atoms with van der Waals surface area (Å²) in [6.45, 7) is 0.968. The van der Waals surface area contributed by atoms with Crippen LogP contribution in [0.1, 0.15) is 19.3 Å². The van der Waals surface area contributed by atoms with Crippen LogP contribution < -0.4 is 5.56 Å². The van der Waals surface area contributed by atoms with Gasteiger partial charge in [-0.15, -0.1) is 5.10 Å². The molecule has 1 saturated carbocycles. The lowest BCUT2D eigenvalue weighted by molar-refractivity contribution is 0.224. The van der Waals surface area contributed by atoms with E-state index >= 15 is 0 Å². The van der Waals surface area contributed by atoms with Crippen LogP contribution in [0, 0.1) is 11.8 Å². The maximum absolute atomic E-state index is 11.5. The smallest absolute Gasteiger partial charge is 0.280 e. The molecule has 0 aromatic carbocycles. The number of nitrogens with zero attached hydrogens (tertiary/aromatic N) is 4. The highest BCUT2D eigenvalue weighted by molar-refractivity contribution is 5.67. The fraction of sp³-hybridized carbons (Fsp3) is 0.636. The van der Waals surface area contributed by atoms with Crippen molar-refractivity contribution >= 4 is 11.2 Å². The van der Waals surface area contributed by atoms with Gasteiger partial charge in [-0.2, -0.15) is 0 Å². The van der Waals surface area contributed by atoms with Crippen molar-refractivity contribution in [3.8, 4) is 0 Å². The fourth-order valence-electron chi connectivity index (χ4n) is 2.68. The van der Waals surface area contributed by atoms with E-state index in [-0.39, 0.29) is 17.7 Å². The monoisotopic (exact) mass is 249 g/mol. The van der Waals surface area contributed by atoms with Crippen molar-refractivity contribution in [2.45, 2.75) is 25.8 Å². The van der Waals surface area contributed by atoms with Crippen LogP contribution in [0.5, 0.6) is 0 Å². The summed E-state index contributed by atoms with van der Waals surface area (Å²) >= 11 is 0. The summed E-state index contributed by atoms with van der Waals surface area (Å²) in [6, 6.07) is 0. The second-order valence-electron chi connectivity index (χ2n) is 4.90. The maximum atomic E-state index is 11.5. The highest BCUT2D eigenvalue weighted by atomic mass is 16.3. The van der Waals surface area contributed by atoms with E-state index < -0.39 is 0 Å². The van der Waals surface area contributed by atoms with Crippen molar-refractivity contribution in [1.82, 2.24) is 25.0 Å². The average Bonchev–Trinajstić information content (AvgIpc) is 2.98. The molecule has 18 heavy (non-hydrogen) atoms. The third kappa shape index (κ3) is 1.90. The number of rotatable bonds is 3. The lowest BCUT2D eigenvalue weighted by Gasteiger charge is -2.09. The van der Waals surface area contributed by atoms with Gasteiger partial charge in [0.15, 0.2) is 11.2 Å². The van der Waals surface area contributed by atoms with E-state index in [1.54, 1.807) is 4.68 Å². The first kappa shape index (κ1) is 11.3. The number of H-pyrrole nitrogens is 1. The Kier molecular flexibility index (Phi) is 2.83. The number of hydrogen-bond acceptors (Lipinski definition) is 5. The molecule has 2 N–H and O–H groups in total. The normalized spacial score (nSPS) is 23.8. The topological polar surface area (TPSA) is 96.7 Å². The summed E-state index contributed by atoms with van der Waals surface area (Å²) in [7, 11) is 0. The Morgan fingerprint density at radius 3 is 3.06 bits per heavy atom. The highest BCUT2D eigenvalue weighted by Crippen LogP contribution is 2.31. The van der Waals surface area contributed by atoms with Crippen molar-refractivity contribution in [3.05, 3.63) is 16.7 Å². The van der Waals surface area contributed by atoms with Crippen molar-refractivity contribution in [2.75, 3.05) is 6.61 Å². The van der Waals surface area contributed by atoms with E-state index in [0.717, 1.165) is 19.3 Å². The van der Waals surface area contributed by atoms with Crippen LogP contribution in [0.4, 0.5) is 0 Å². The molecule has 7 nitrogen and oxygen atoms in total. The molecule has 2 aromatic heterocycles. The molecule has 3 rings (SSSR count). The minimum absolute atomic E-state index is 0.256. The molecule has 0 unspecified atom stereocenters. The van der Waals surface area contributed by atoms with E-state index in [1.807, 2.05) is 0 Å². The van der Waals surface area contributed by atoms with Gasteiger partial charge in [-0.25, -0.2) is 9.67 Å². The largest absolute Gasteiger partial charge is 0.396 e. The van der Waals surface area contributed by atoms with Gasteiger partial charge in [0.1, 0.15) is 0 Å². The predicted octanol–water partition coefficient (Wildman–Crippen LogP) is -0.0768. The van der Waals surface area contributed by atoms with E-state index in [0.29, 0.717) is 24.0 Å². The van der Waals surface area contributed by atoms with Crippen LogP contribution in [0.25, 0.3) is 11.2 Å². The number of nitrogens with one attached hydrogen (secondary N) is 1. The Morgan fingerprint density at radius 1 is 1.44 bits per heavy atom. The van der Waals surface area contributed by atoms with Gasteiger partial charge in [0.05, 0.1) is 6.33 Å². The summed E-state index contributed by atoms with van der Waals surface area (Å²) in [4.78, 5) is 18.1. The Balaban J connectivity index is 1.83. The van der Waals surface area contributed by atoms with E-state index in [4.69, 9.17) is 5.11 Å². The van der Waals surface area contributed by atoms with E-state index in [2.05, 4.69) is 20.3 Å². The zero-order valence-electron chi connectivity index (χ0n) is 9.91. The van der Waals surface area contributed by atoms with Crippen LogP contribution >= 0.6 is 0 Å². The lowest BCUT2D eigenvalue weighted by atomic mass is 10.1. The number of aliphatic hydroxyl groups excluding tert-OH is 1. The first-order valence-electron chi connectivity index (χ1n) is 6.15. The molecule has 96 valence electrons. The zero-order valence-corrected chi connectivity index (χ0v) is 9.91. The predicted molar refractivity (Wildman–Crippen MR) is 63.9 cm³/mol. The molecule has 0 aliphatic heterocycles. The Bertz CT molecular complexity index is 605.